The van der Waals surface area contributed by atoms with Crippen molar-refractivity contribution in [3.8, 4) is 0 Å². The van der Waals surface area contributed by atoms with Crippen molar-refractivity contribution in [2.24, 2.45) is 0 Å². The maximum atomic E-state index is 5.35. The molecule has 1 saturated heterocycles. The number of hydrogen-bond donors (Lipinski definition) is 1. The van der Waals surface area contributed by atoms with E-state index in [1.165, 1.54) is 11.1 Å². The van der Waals surface area contributed by atoms with Crippen molar-refractivity contribution < 1.29 is 9.64 Å². The summed E-state index contributed by atoms with van der Waals surface area (Å²) in [6.45, 7) is 7.48. The number of aryl methyl sites for hydroxylation is 1. The quantitative estimate of drug-likeness (QED) is 0.767. The normalized spacial score (nSPS) is 17.9. The molecule has 0 atom stereocenters. The first-order valence-electron chi connectivity index (χ1n) is 5.87. The molecule has 0 bridgehead atoms. The van der Waals surface area contributed by atoms with E-state index in [0.29, 0.717) is 0 Å². The summed E-state index contributed by atoms with van der Waals surface area (Å²) in [7, 11) is 0. The van der Waals surface area contributed by atoms with Crippen molar-refractivity contribution >= 4 is 0 Å². The van der Waals surface area contributed by atoms with Gasteiger partial charge in [-0.15, -0.1) is 0 Å². The van der Waals surface area contributed by atoms with Gasteiger partial charge < -0.3 is 9.64 Å². The third kappa shape index (κ3) is 3.05. The number of ether oxygens (including phenoxy) is 1. The third-order valence-corrected chi connectivity index (χ3v) is 3.09. The first-order valence-corrected chi connectivity index (χ1v) is 5.87. The minimum Gasteiger partial charge on any atom is -0.370 e. The van der Waals surface area contributed by atoms with Crippen LogP contribution in [-0.2, 0) is 17.7 Å². The lowest BCUT2D eigenvalue weighted by atomic mass is 10.1. The molecule has 0 aromatic heterocycles. The summed E-state index contributed by atoms with van der Waals surface area (Å²) in [6, 6.07) is 9.02. The smallest absolute Gasteiger partial charge is 0.103 e. The summed E-state index contributed by atoms with van der Waals surface area (Å²) in [5.74, 6) is 0. The Morgan fingerprint density at radius 2 is 1.67 bits per heavy atom. The number of quaternary nitrogens is 1. The molecule has 0 radical (unpaired) electrons. The zero-order valence-electron chi connectivity index (χ0n) is 9.46. The van der Waals surface area contributed by atoms with E-state index < -0.39 is 0 Å². The molecule has 0 aliphatic carbocycles. The van der Waals surface area contributed by atoms with Crippen molar-refractivity contribution in [2.75, 3.05) is 26.3 Å². The van der Waals surface area contributed by atoms with Crippen molar-refractivity contribution in [1.82, 2.24) is 0 Å². The van der Waals surface area contributed by atoms with Gasteiger partial charge in [-0.1, -0.05) is 31.2 Å². The predicted octanol–water partition coefficient (Wildman–Crippen LogP) is 0.664. The van der Waals surface area contributed by atoms with Crippen LogP contribution in [0.2, 0.25) is 0 Å². The molecule has 1 aliphatic rings. The van der Waals surface area contributed by atoms with Crippen LogP contribution in [0.15, 0.2) is 24.3 Å². The molecular weight excluding hydrogens is 186 g/mol. The Labute approximate surface area is 91.9 Å². The summed E-state index contributed by atoms with van der Waals surface area (Å²) >= 11 is 0. The number of morpholine rings is 1. The number of hydrogen-bond acceptors (Lipinski definition) is 1. The molecular formula is C13H20NO+. The molecule has 2 nitrogen and oxygen atoms in total. The topological polar surface area (TPSA) is 13.7 Å². The van der Waals surface area contributed by atoms with E-state index in [0.717, 1.165) is 39.3 Å². The summed E-state index contributed by atoms with van der Waals surface area (Å²) in [6.07, 6.45) is 1.13. The fourth-order valence-corrected chi connectivity index (χ4v) is 2.02. The average Bonchev–Trinajstić information content (AvgIpc) is 2.31. The number of benzene rings is 1. The van der Waals surface area contributed by atoms with Gasteiger partial charge in [0.05, 0.1) is 13.2 Å². The van der Waals surface area contributed by atoms with E-state index in [-0.39, 0.29) is 0 Å². The first kappa shape index (κ1) is 10.7. The van der Waals surface area contributed by atoms with Crippen molar-refractivity contribution in [3.63, 3.8) is 0 Å². The molecule has 0 saturated carbocycles. The molecule has 1 aromatic carbocycles. The molecule has 1 aliphatic heterocycles. The second-order valence-electron chi connectivity index (χ2n) is 4.21. The van der Waals surface area contributed by atoms with Gasteiger partial charge in [0.1, 0.15) is 19.6 Å². The van der Waals surface area contributed by atoms with Gasteiger partial charge >= 0.3 is 0 Å². The Morgan fingerprint density at radius 3 is 2.27 bits per heavy atom. The molecule has 1 N–H and O–H groups in total. The summed E-state index contributed by atoms with van der Waals surface area (Å²) in [5.41, 5.74) is 2.87. The van der Waals surface area contributed by atoms with E-state index in [9.17, 15) is 0 Å². The molecule has 1 aromatic rings. The lowest BCUT2D eigenvalue weighted by Gasteiger charge is -2.23. The zero-order valence-corrected chi connectivity index (χ0v) is 9.46. The minimum atomic E-state index is 0.919. The lowest BCUT2D eigenvalue weighted by Crippen LogP contribution is -3.12. The number of nitrogens with one attached hydrogen (secondary N) is 1. The maximum absolute atomic E-state index is 5.35. The van der Waals surface area contributed by atoms with Gasteiger partial charge in [-0.2, -0.15) is 0 Å². The van der Waals surface area contributed by atoms with E-state index >= 15 is 0 Å². The highest BCUT2D eigenvalue weighted by atomic mass is 16.5. The highest BCUT2D eigenvalue weighted by Gasteiger charge is 2.13. The molecule has 15 heavy (non-hydrogen) atoms. The monoisotopic (exact) mass is 206 g/mol. The molecule has 1 fully saturated rings. The van der Waals surface area contributed by atoms with Crippen LogP contribution in [0.5, 0.6) is 0 Å². The van der Waals surface area contributed by atoms with Gasteiger partial charge in [0.2, 0.25) is 0 Å². The third-order valence-electron chi connectivity index (χ3n) is 3.09. The van der Waals surface area contributed by atoms with Crippen LogP contribution in [0, 0.1) is 0 Å². The van der Waals surface area contributed by atoms with Gasteiger partial charge in [0, 0.05) is 5.56 Å². The lowest BCUT2D eigenvalue weighted by molar-refractivity contribution is -0.921. The van der Waals surface area contributed by atoms with Crippen LogP contribution in [-0.4, -0.2) is 26.3 Å². The number of rotatable bonds is 3. The van der Waals surface area contributed by atoms with Crippen molar-refractivity contribution in [2.45, 2.75) is 19.9 Å². The molecule has 2 heteroatoms. The predicted molar refractivity (Wildman–Crippen MR) is 61.0 cm³/mol. The molecule has 82 valence electrons. The van der Waals surface area contributed by atoms with Crippen molar-refractivity contribution in [3.05, 3.63) is 35.4 Å². The van der Waals surface area contributed by atoms with Crippen molar-refractivity contribution in [1.29, 1.82) is 0 Å². The van der Waals surface area contributed by atoms with Gasteiger partial charge in [0.25, 0.3) is 0 Å². The summed E-state index contributed by atoms with van der Waals surface area (Å²) < 4.78 is 5.35. The van der Waals surface area contributed by atoms with Crippen LogP contribution in [0.4, 0.5) is 0 Å². The highest BCUT2D eigenvalue weighted by molar-refractivity contribution is 5.21. The van der Waals surface area contributed by atoms with Crippen LogP contribution in [0.25, 0.3) is 0 Å². The molecule has 0 amide bonds. The standard InChI is InChI=1S/C13H19NO/c1-2-12-3-5-13(6-4-12)11-14-7-9-15-10-8-14/h3-6H,2,7-11H2,1H3/p+1. The van der Waals surface area contributed by atoms with Crippen LogP contribution in [0.1, 0.15) is 18.1 Å². The molecule has 0 spiro atoms. The summed E-state index contributed by atoms with van der Waals surface area (Å²) in [4.78, 5) is 1.64. The van der Waals surface area contributed by atoms with E-state index in [1.54, 1.807) is 4.90 Å². The Balaban J connectivity index is 1.91. The average molecular weight is 206 g/mol. The first-order chi connectivity index (χ1) is 7.38. The molecule has 1 heterocycles. The Hall–Kier alpha value is -0.860. The highest BCUT2D eigenvalue weighted by Crippen LogP contribution is 2.03. The Bertz CT molecular complexity index is 288. The van der Waals surface area contributed by atoms with Gasteiger partial charge in [0.15, 0.2) is 0 Å². The fraction of sp³-hybridized carbons (Fsp3) is 0.538. The Morgan fingerprint density at radius 1 is 1.07 bits per heavy atom. The van der Waals surface area contributed by atoms with Gasteiger partial charge in [-0.3, -0.25) is 0 Å². The van der Waals surface area contributed by atoms with Gasteiger partial charge in [-0.25, -0.2) is 0 Å². The maximum Gasteiger partial charge on any atom is 0.103 e. The summed E-state index contributed by atoms with van der Waals surface area (Å²) in [5, 5.41) is 0. The van der Waals surface area contributed by atoms with E-state index in [4.69, 9.17) is 4.74 Å². The largest absolute Gasteiger partial charge is 0.370 e. The molecule has 2 rings (SSSR count). The SMILES string of the molecule is CCc1ccc(C[NH+]2CCOCC2)cc1. The van der Waals surface area contributed by atoms with E-state index in [2.05, 4.69) is 31.2 Å². The zero-order chi connectivity index (χ0) is 10.5. The van der Waals surface area contributed by atoms with Crippen LogP contribution < -0.4 is 4.90 Å². The Kier molecular flexibility index (Phi) is 3.75. The van der Waals surface area contributed by atoms with Gasteiger partial charge in [-0.05, 0) is 12.0 Å². The second-order valence-corrected chi connectivity index (χ2v) is 4.21. The fourth-order valence-electron chi connectivity index (χ4n) is 2.02. The van der Waals surface area contributed by atoms with E-state index in [1.807, 2.05) is 0 Å². The minimum absolute atomic E-state index is 0.919. The molecule has 0 unspecified atom stereocenters. The van der Waals surface area contributed by atoms with Crippen LogP contribution in [0.3, 0.4) is 0 Å². The second kappa shape index (κ2) is 5.29. The van der Waals surface area contributed by atoms with Crippen LogP contribution >= 0.6 is 0 Å².